The van der Waals surface area contributed by atoms with Gasteiger partial charge >= 0.3 is 0 Å². The smallest absolute Gasteiger partial charge is 0.126 e. The van der Waals surface area contributed by atoms with Crippen LogP contribution in [-0.2, 0) is 36.5 Å². The second-order valence-corrected chi connectivity index (χ2v) is 19.4. The fourth-order valence-corrected chi connectivity index (χ4v) is 12.3. The molecule has 0 unspecified atom stereocenters. The Morgan fingerprint density at radius 1 is 0.286 bits per heavy atom. The van der Waals surface area contributed by atoms with E-state index in [0.717, 1.165) is 70.9 Å². The Morgan fingerprint density at radius 3 is 0.729 bits per heavy atom. The van der Waals surface area contributed by atoms with Crippen molar-refractivity contribution in [2.45, 2.75) is 89.9 Å². The summed E-state index contributed by atoms with van der Waals surface area (Å²) in [5.74, 6) is 3.91. The van der Waals surface area contributed by atoms with E-state index in [9.17, 15) is 0 Å². The molecule has 0 aliphatic heterocycles. The lowest BCUT2D eigenvalue weighted by atomic mass is 9.58. The molecule has 8 aromatic carbocycles. The maximum Gasteiger partial charge on any atom is 0.126 e. The SMILES string of the molecule is CCCOc1c2ccc3c1Cc1c(ccc(c1OCCC)Cc1ccc4c(c1OCCC)Cc1c(ccc(c1OCCC)C2)C4(c1ccccc1)c1ccccc1)C3(c1ccccc1)c1ccccc1. The van der Waals surface area contributed by atoms with Crippen LogP contribution in [0.3, 0.4) is 0 Å². The van der Waals surface area contributed by atoms with E-state index in [1.54, 1.807) is 0 Å². The van der Waals surface area contributed by atoms with Crippen molar-refractivity contribution in [3.63, 3.8) is 0 Å². The zero-order valence-electron chi connectivity index (χ0n) is 41.3. The van der Waals surface area contributed by atoms with Gasteiger partial charge in [0.25, 0.3) is 0 Å². The van der Waals surface area contributed by atoms with Crippen LogP contribution in [0, 0.1) is 0 Å². The Labute approximate surface area is 415 Å². The topological polar surface area (TPSA) is 36.9 Å². The van der Waals surface area contributed by atoms with E-state index in [1.165, 1.54) is 66.8 Å². The highest BCUT2D eigenvalue weighted by atomic mass is 16.5. The molecule has 70 heavy (non-hydrogen) atoms. The average molecular weight is 921 g/mol. The number of benzene rings is 8. The number of hydrogen-bond donors (Lipinski definition) is 0. The standard InChI is InChI=1S/C66H64O4/c1-5-37-67-61-45-29-33-57-53(61)43-54-58(65(57,49-21-13-9-14-22-49)50-23-15-10-16-24-50)35-31-47(63(54)69-39-7-3)42-48-32-36-60-56(64(48)70-40-8-4)44-55-59(34-30-46(41-45)62(55)68-38-6-2)66(60,51-25-17-11-18-26-51)52-27-19-12-20-28-52/h9-36H,5-8,37-44H2,1-4H3. The van der Waals surface area contributed by atoms with Gasteiger partial charge < -0.3 is 18.9 Å². The molecule has 0 fully saturated rings. The summed E-state index contributed by atoms with van der Waals surface area (Å²) in [7, 11) is 0. The minimum absolute atomic E-state index is 0.608. The zero-order chi connectivity index (χ0) is 47.7. The van der Waals surface area contributed by atoms with Crippen LogP contribution in [0.5, 0.6) is 23.0 Å². The van der Waals surface area contributed by atoms with Crippen molar-refractivity contribution in [2.75, 3.05) is 26.4 Å². The molecule has 0 amide bonds. The van der Waals surface area contributed by atoms with E-state index in [2.05, 4.69) is 198 Å². The molecule has 0 saturated heterocycles. The van der Waals surface area contributed by atoms with Gasteiger partial charge in [-0.15, -0.1) is 0 Å². The third-order valence-electron chi connectivity index (χ3n) is 15.1. The minimum Gasteiger partial charge on any atom is -0.493 e. The quantitative estimate of drug-likeness (QED) is 0.0968. The van der Waals surface area contributed by atoms with Crippen LogP contribution in [0.4, 0.5) is 0 Å². The summed E-state index contributed by atoms with van der Waals surface area (Å²) < 4.78 is 28.8. The van der Waals surface area contributed by atoms with Crippen LogP contribution >= 0.6 is 0 Å². The summed E-state index contributed by atoms with van der Waals surface area (Å²) in [4.78, 5) is 0. The fourth-order valence-electron chi connectivity index (χ4n) is 12.3. The number of hydrogen-bond acceptors (Lipinski definition) is 4. The van der Waals surface area contributed by atoms with Gasteiger partial charge in [-0.25, -0.2) is 0 Å². The molecular weight excluding hydrogens is 857 g/mol. The molecular formula is C66H64O4. The average Bonchev–Trinajstić information content (AvgIpc) is 3.41. The summed E-state index contributed by atoms with van der Waals surface area (Å²) in [6.45, 7) is 11.3. The maximum atomic E-state index is 7.19. The molecule has 8 bridgehead atoms. The van der Waals surface area contributed by atoms with Crippen LogP contribution in [0.25, 0.3) is 0 Å². The van der Waals surface area contributed by atoms with Crippen LogP contribution in [0.2, 0.25) is 0 Å². The summed E-state index contributed by atoms with van der Waals surface area (Å²) in [5.41, 5.74) is 18.1. The van der Waals surface area contributed by atoms with Gasteiger partial charge in [-0.05, 0) is 92.4 Å². The van der Waals surface area contributed by atoms with E-state index in [4.69, 9.17) is 18.9 Å². The van der Waals surface area contributed by atoms with Gasteiger partial charge in [0.1, 0.15) is 23.0 Å². The van der Waals surface area contributed by atoms with Gasteiger partial charge in [0, 0.05) is 47.9 Å². The van der Waals surface area contributed by atoms with Crippen molar-refractivity contribution in [1.82, 2.24) is 0 Å². The van der Waals surface area contributed by atoms with Crippen molar-refractivity contribution in [1.29, 1.82) is 0 Å². The second-order valence-electron chi connectivity index (χ2n) is 19.4. The summed E-state index contributed by atoms with van der Waals surface area (Å²) in [5, 5.41) is 0. The van der Waals surface area contributed by atoms with Crippen molar-refractivity contribution < 1.29 is 18.9 Å². The molecule has 3 aliphatic rings. The molecule has 8 aromatic rings. The minimum atomic E-state index is -0.657. The molecule has 11 rings (SSSR count). The van der Waals surface area contributed by atoms with Gasteiger partial charge in [0.05, 0.1) is 37.3 Å². The van der Waals surface area contributed by atoms with Crippen LogP contribution < -0.4 is 18.9 Å². The number of ether oxygens (including phenoxy) is 4. The number of fused-ring (bicyclic) bond motifs is 4. The predicted molar refractivity (Wildman–Crippen MR) is 284 cm³/mol. The molecule has 0 heterocycles. The van der Waals surface area contributed by atoms with E-state index >= 15 is 0 Å². The van der Waals surface area contributed by atoms with E-state index in [1.807, 2.05) is 0 Å². The Bertz CT molecular complexity index is 2710. The fraction of sp³-hybridized carbons (Fsp3) is 0.273. The molecule has 0 aromatic heterocycles. The molecule has 0 spiro atoms. The highest BCUT2D eigenvalue weighted by Crippen LogP contribution is 2.58. The predicted octanol–water partition coefficient (Wildman–Crippen LogP) is 14.9. The summed E-state index contributed by atoms with van der Waals surface area (Å²) in [6, 6.07) is 63.6. The van der Waals surface area contributed by atoms with Gasteiger partial charge in [-0.1, -0.05) is 198 Å². The van der Waals surface area contributed by atoms with Crippen LogP contribution in [0.1, 0.15) is 142 Å². The highest BCUT2D eigenvalue weighted by Gasteiger charge is 2.49. The Balaban J connectivity index is 1.29. The van der Waals surface area contributed by atoms with Crippen LogP contribution in [-0.4, -0.2) is 26.4 Å². The molecule has 4 heteroatoms. The van der Waals surface area contributed by atoms with Crippen molar-refractivity contribution in [2.24, 2.45) is 0 Å². The monoisotopic (exact) mass is 920 g/mol. The normalized spacial score (nSPS) is 14.5. The molecule has 0 atom stereocenters. The lowest BCUT2D eigenvalue weighted by Crippen LogP contribution is -2.37. The largest absolute Gasteiger partial charge is 0.493 e. The van der Waals surface area contributed by atoms with Crippen molar-refractivity contribution in [3.8, 4) is 23.0 Å². The maximum absolute atomic E-state index is 7.19. The Morgan fingerprint density at radius 2 is 0.514 bits per heavy atom. The first-order valence-electron chi connectivity index (χ1n) is 25.9. The van der Waals surface area contributed by atoms with Crippen LogP contribution in [0.15, 0.2) is 170 Å². The molecule has 3 aliphatic carbocycles. The first-order valence-corrected chi connectivity index (χ1v) is 25.9. The Kier molecular flexibility index (Phi) is 12.6. The molecule has 4 nitrogen and oxygen atoms in total. The van der Waals surface area contributed by atoms with Gasteiger partial charge in [-0.2, -0.15) is 0 Å². The van der Waals surface area contributed by atoms with E-state index in [0.29, 0.717) is 52.1 Å². The summed E-state index contributed by atoms with van der Waals surface area (Å²) in [6.07, 6.45) is 6.21. The van der Waals surface area contributed by atoms with Gasteiger partial charge in [-0.3, -0.25) is 0 Å². The highest BCUT2D eigenvalue weighted by molar-refractivity contribution is 5.75. The Hall–Kier alpha value is -7.04. The molecule has 0 saturated carbocycles. The first-order chi connectivity index (χ1) is 34.6. The second kappa shape index (κ2) is 19.4. The van der Waals surface area contributed by atoms with Crippen molar-refractivity contribution in [3.05, 3.63) is 259 Å². The van der Waals surface area contributed by atoms with E-state index < -0.39 is 10.8 Å². The lowest BCUT2D eigenvalue weighted by Gasteiger charge is -2.44. The third-order valence-corrected chi connectivity index (χ3v) is 15.1. The lowest BCUT2D eigenvalue weighted by molar-refractivity contribution is 0.302. The van der Waals surface area contributed by atoms with E-state index in [-0.39, 0.29) is 0 Å². The summed E-state index contributed by atoms with van der Waals surface area (Å²) >= 11 is 0. The first kappa shape index (κ1) is 45.4. The third kappa shape index (κ3) is 7.33. The number of rotatable bonds is 16. The van der Waals surface area contributed by atoms with Gasteiger partial charge in [0.15, 0.2) is 0 Å². The zero-order valence-corrected chi connectivity index (χ0v) is 41.3. The molecule has 0 N–H and O–H groups in total. The van der Waals surface area contributed by atoms with Gasteiger partial charge in [0.2, 0.25) is 0 Å². The van der Waals surface area contributed by atoms with Crippen molar-refractivity contribution >= 4 is 0 Å². The molecule has 352 valence electrons. The molecule has 0 radical (unpaired) electrons.